The maximum atomic E-state index is 14.0. The number of hydrogen-bond acceptors (Lipinski definition) is 6. The average Bonchev–Trinajstić information content (AvgIpc) is 2.78. The highest BCUT2D eigenvalue weighted by Crippen LogP contribution is 2.26. The van der Waals surface area contributed by atoms with Crippen LogP contribution in [0.25, 0.3) is 5.65 Å². The number of hydrogen-bond donors (Lipinski definition) is 1. The van der Waals surface area contributed by atoms with Crippen LogP contribution in [0.15, 0.2) is 83.8 Å². The van der Waals surface area contributed by atoms with E-state index in [4.69, 9.17) is 4.74 Å². The second-order valence-corrected chi connectivity index (χ2v) is 6.65. The number of aromatic nitrogens is 2. The Morgan fingerprint density at radius 1 is 1.06 bits per heavy atom. The maximum Gasteiger partial charge on any atom is 0.376 e. The van der Waals surface area contributed by atoms with E-state index in [2.05, 4.69) is 10.3 Å². The number of anilines is 1. The predicted octanol–water partition coefficient (Wildman–Crippen LogP) is 3.97. The third-order valence-corrected chi connectivity index (χ3v) is 4.65. The summed E-state index contributed by atoms with van der Waals surface area (Å²) < 4.78 is 20.7. The molecule has 0 saturated heterocycles. The molecular formula is C22H17FN4O4. The molecule has 0 amide bonds. The molecule has 0 bridgehead atoms. The normalized spacial score (nSPS) is 11.8. The number of rotatable bonds is 7. The van der Waals surface area contributed by atoms with Gasteiger partial charge in [0.2, 0.25) is 5.82 Å². The third kappa shape index (κ3) is 4.20. The molecule has 2 heterocycles. The lowest BCUT2D eigenvalue weighted by Gasteiger charge is -2.20. The van der Waals surface area contributed by atoms with E-state index in [0.29, 0.717) is 0 Å². The standard InChI is InChI=1S/C22H17FN4O4/c23-16-10-4-5-11-18(16)31-14-17(15-8-2-1-3-9-15)24-21-20(27(29)30)22(28)26-13-7-6-12-19(26)25-21/h1-13,17,24H,14H2. The van der Waals surface area contributed by atoms with Gasteiger partial charge in [-0.15, -0.1) is 0 Å². The van der Waals surface area contributed by atoms with E-state index >= 15 is 0 Å². The lowest BCUT2D eigenvalue weighted by Crippen LogP contribution is -2.25. The number of pyridine rings is 1. The minimum absolute atomic E-state index is 0.0475. The number of ether oxygens (including phenoxy) is 1. The summed E-state index contributed by atoms with van der Waals surface area (Å²) in [4.78, 5) is 27.9. The van der Waals surface area contributed by atoms with Crippen molar-refractivity contribution in [3.05, 3.63) is 111 Å². The first-order valence-electron chi connectivity index (χ1n) is 9.39. The number of fused-ring (bicyclic) bond motifs is 1. The quantitative estimate of drug-likeness (QED) is 0.359. The maximum absolute atomic E-state index is 14.0. The van der Waals surface area contributed by atoms with Gasteiger partial charge in [-0.25, -0.2) is 9.37 Å². The van der Waals surface area contributed by atoms with Crippen molar-refractivity contribution < 1.29 is 14.1 Å². The van der Waals surface area contributed by atoms with E-state index in [1.807, 2.05) is 6.07 Å². The molecule has 156 valence electrons. The van der Waals surface area contributed by atoms with Crippen LogP contribution in [-0.2, 0) is 0 Å². The van der Waals surface area contributed by atoms with Crippen molar-refractivity contribution in [1.82, 2.24) is 9.38 Å². The molecule has 0 aliphatic carbocycles. The molecule has 8 nitrogen and oxygen atoms in total. The van der Waals surface area contributed by atoms with Crippen LogP contribution in [0, 0.1) is 15.9 Å². The molecule has 2 aromatic carbocycles. The van der Waals surface area contributed by atoms with Crippen LogP contribution in [0.3, 0.4) is 0 Å². The smallest absolute Gasteiger partial charge is 0.376 e. The van der Waals surface area contributed by atoms with Crippen LogP contribution in [0.1, 0.15) is 11.6 Å². The van der Waals surface area contributed by atoms with Crippen LogP contribution in [0.5, 0.6) is 5.75 Å². The van der Waals surface area contributed by atoms with E-state index < -0.39 is 28.0 Å². The number of nitro groups is 1. The molecule has 0 aliphatic rings. The van der Waals surface area contributed by atoms with Crippen LogP contribution in [-0.4, -0.2) is 20.9 Å². The number of para-hydroxylation sites is 1. The van der Waals surface area contributed by atoms with Gasteiger partial charge in [-0.2, -0.15) is 0 Å². The Kier molecular flexibility index (Phi) is 5.57. The molecule has 31 heavy (non-hydrogen) atoms. The molecule has 1 N–H and O–H groups in total. The minimum Gasteiger partial charge on any atom is -0.488 e. The largest absolute Gasteiger partial charge is 0.488 e. The van der Waals surface area contributed by atoms with Gasteiger partial charge < -0.3 is 10.1 Å². The van der Waals surface area contributed by atoms with Crippen molar-refractivity contribution in [3.63, 3.8) is 0 Å². The van der Waals surface area contributed by atoms with Crippen molar-refractivity contribution in [1.29, 1.82) is 0 Å². The summed E-state index contributed by atoms with van der Waals surface area (Å²) in [5.41, 5.74) is -0.513. The summed E-state index contributed by atoms with van der Waals surface area (Å²) in [6.07, 6.45) is 1.41. The molecule has 4 rings (SSSR count). The molecule has 0 aliphatic heterocycles. The SMILES string of the molecule is O=c1c([N+](=O)[O-])c(NC(COc2ccccc2F)c2ccccc2)nc2ccccn12. The monoisotopic (exact) mass is 420 g/mol. The second-order valence-electron chi connectivity index (χ2n) is 6.65. The highest BCUT2D eigenvalue weighted by atomic mass is 19.1. The Hall–Kier alpha value is -4.27. The number of benzene rings is 2. The van der Waals surface area contributed by atoms with Gasteiger partial charge in [0.1, 0.15) is 12.3 Å². The Morgan fingerprint density at radius 3 is 2.52 bits per heavy atom. The fourth-order valence-electron chi connectivity index (χ4n) is 3.15. The van der Waals surface area contributed by atoms with Crippen LogP contribution in [0.4, 0.5) is 15.9 Å². The molecule has 0 fully saturated rings. The van der Waals surface area contributed by atoms with Crippen molar-refractivity contribution in [2.75, 3.05) is 11.9 Å². The Morgan fingerprint density at radius 2 is 1.77 bits per heavy atom. The fraction of sp³-hybridized carbons (Fsp3) is 0.0909. The summed E-state index contributed by atoms with van der Waals surface area (Å²) in [5, 5.41) is 14.6. The van der Waals surface area contributed by atoms with Crippen molar-refractivity contribution in [2.24, 2.45) is 0 Å². The van der Waals surface area contributed by atoms with Gasteiger partial charge in [0.25, 0.3) is 0 Å². The van der Waals surface area contributed by atoms with E-state index in [-0.39, 0.29) is 23.8 Å². The molecule has 0 saturated carbocycles. The zero-order chi connectivity index (χ0) is 21.8. The third-order valence-electron chi connectivity index (χ3n) is 4.65. The minimum atomic E-state index is -0.806. The van der Waals surface area contributed by atoms with E-state index in [0.717, 1.165) is 9.96 Å². The molecule has 4 aromatic rings. The van der Waals surface area contributed by atoms with Crippen LogP contribution >= 0.6 is 0 Å². The van der Waals surface area contributed by atoms with Gasteiger partial charge in [-0.05, 0) is 29.8 Å². The van der Waals surface area contributed by atoms with Crippen molar-refractivity contribution >= 4 is 17.2 Å². The highest BCUT2D eigenvalue weighted by molar-refractivity contribution is 5.60. The van der Waals surface area contributed by atoms with Gasteiger partial charge in [-0.1, -0.05) is 48.5 Å². The molecule has 9 heteroatoms. The number of halogens is 1. The van der Waals surface area contributed by atoms with Gasteiger partial charge in [0, 0.05) is 6.20 Å². The summed E-state index contributed by atoms with van der Waals surface area (Å²) >= 11 is 0. The van der Waals surface area contributed by atoms with Crippen LogP contribution in [0.2, 0.25) is 0 Å². The first-order chi connectivity index (χ1) is 15.0. The number of nitrogens with one attached hydrogen (secondary N) is 1. The van der Waals surface area contributed by atoms with E-state index in [9.17, 15) is 19.3 Å². The van der Waals surface area contributed by atoms with Gasteiger partial charge >= 0.3 is 11.2 Å². The van der Waals surface area contributed by atoms with Gasteiger partial charge in [0.15, 0.2) is 11.6 Å². The molecule has 0 radical (unpaired) electrons. The summed E-state index contributed by atoms with van der Waals surface area (Å²) in [6.45, 7) is -0.0576. The predicted molar refractivity (Wildman–Crippen MR) is 113 cm³/mol. The highest BCUT2D eigenvalue weighted by Gasteiger charge is 2.26. The van der Waals surface area contributed by atoms with E-state index in [1.165, 1.54) is 18.3 Å². The van der Waals surface area contributed by atoms with Gasteiger partial charge in [0.05, 0.1) is 11.0 Å². The Labute approximate surface area is 175 Å². The molecular weight excluding hydrogens is 403 g/mol. The zero-order valence-electron chi connectivity index (χ0n) is 16.1. The Balaban J connectivity index is 1.74. The molecule has 1 atom stereocenters. The van der Waals surface area contributed by atoms with Crippen molar-refractivity contribution in [2.45, 2.75) is 6.04 Å². The summed E-state index contributed by atoms with van der Waals surface area (Å²) in [6, 6.07) is 19.1. The zero-order valence-corrected chi connectivity index (χ0v) is 16.1. The first kappa shape index (κ1) is 20.0. The lowest BCUT2D eigenvalue weighted by atomic mass is 10.1. The second kappa shape index (κ2) is 8.62. The summed E-state index contributed by atoms with van der Waals surface area (Å²) in [5.74, 6) is -0.666. The number of nitrogens with zero attached hydrogens (tertiary/aromatic N) is 3. The first-order valence-corrected chi connectivity index (χ1v) is 9.39. The average molecular weight is 420 g/mol. The van der Waals surface area contributed by atoms with Crippen LogP contribution < -0.4 is 15.6 Å². The lowest BCUT2D eigenvalue weighted by molar-refractivity contribution is -0.385. The summed E-state index contributed by atoms with van der Waals surface area (Å²) in [7, 11) is 0. The molecule has 1 unspecified atom stereocenters. The fourth-order valence-corrected chi connectivity index (χ4v) is 3.15. The van der Waals surface area contributed by atoms with Crippen molar-refractivity contribution in [3.8, 4) is 5.75 Å². The Bertz CT molecular complexity index is 1290. The van der Waals surface area contributed by atoms with Gasteiger partial charge in [-0.3, -0.25) is 19.3 Å². The molecule has 2 aromatic heterocycles. The topological polar surface area (TPSA) is 98.8 Å². The van der Waals surface area contributed by atoms with E-state index in [1.54, 1.807) is 54.6 Å². The molecule has 0 spiro atoms.